The third kappa shape index (κ3) is 6.46. The normalized spacial score (nSPS) is 15.9. The van der Waals surface area contributed by atoms with Gasteiger partial charge in [-0.25, -0.2) is 4.39 Å². The number of rotatable bonds is 10. The Morgan fingerprint density at radius 3 is 2.50 bits per heavy atom. The third-order valence-corrected chi connectivity index (χ3v) is 7.66. The van der Waals surface area contributed by atoms with Crippen molar-refractivity contribution in [2.45, 2.75) is 25.3 Å². The van der Waals surface area contributed by atoms with E-state index in [1.54, 1.807) is 17.8 Å². The number of carbonyl (C=O) groups excluding carboxylic acids is 2. The van der Waals surface area contributed by atoms with Crippen molar-refractivity contribution in [3.8, 4) is 0 Å². The largest absolute Gasteiger partial charge is 0.387 e. The molecular weight excluding hydrogens is 496 g/mol. The molecule has 1 saturated heterocycles. The summed E-state index contributed by atoms with van der Waals surface area (Å²) in [5.41, 5.74) is 3.83. The summed E-state index contributed by atoms with van der Waals surface area (Å²) in [6.45, 7) is 2.20. The van der Waals surface area contributed by atoms with Crippen LogP contribution in [0.25, 0.3) is 5.57 Å². The summed E-state index contributed by atoms with van der Waals surface area (Å²) in [7, 11) is 0. The van der Waals surface area contributed by atoms with Crippen LogP contribution in [0.3, 0.4) is 0 Å². The number of nitrogens with zero attached hydrogens (tertiary/aromatic N) is 1. The first kappa shape index (κ1) is 24.9. The van der Waals surface area contributed by atoms with Crippen molar-refractivity contribution in [1.82, 2.24) is 15.5 Å². The average molecular weight is 522 g/mol. The van der Waals surface area contributed by atoms with Gasteiger partial charge in [0.15, 0.2) is 0 Å². The molecule has 180 valence electrons. The second kappa shape index (κ2) is 11.5. The van der Waals surface area contributed by atoms with Crippen molar-refractivity contribution in [3.05, 3.63) is 75.2 Å². The average Bonchev–Trinajstić information content (AvgIpc) is 3.38. The first-order valence-corrected chi connectivity index (χ1v) is 13.2. The summed E-state index contributed by atoms with van der Waals surface area (Å²) in [5.74, 6) is 0.431. The minimum Gasteiger partial charge on any atom is -0.387 e. The SMILES string of the molecule is O=C(N[C@@H](CSCCNC1=C(c2ccc(Cl)c(Cl)c2)C1)C(=O)N1CCCC1)c1ccc(F)cc1. The van der Waals surface area contributed by atoms with Crippen LogP contribution in [0.5, 0.6) is 0 Å². The van der Waals surface area contributed by atoms with Gasteiger partial charge in [-0.1, -0.05) is 29.3 Å². The highest BCUT2D eigenvalue weighted by Crippen LogP contribution is 2.39. The van der Waals surface area contributed by atoms with E-state index in [4.69, 9.17) is 23.2 Å². The van der Waals surface area contributed by atoms with E-state index in [1.807, 2.05) is 17.0 Å². The Labute approximate surface area is 213 Å². The molecule has 0 aromatic heterocycles. The molecule has 1 aliphatic heterocycles. The maximum absolute atomic E-state index is 13.2. The van der Waals surface area contributed by atoms with Crippen molar-refractivity contribution in [1.29, 1.82) is 0 Å². The molecule has 9 heteroatoms. The standard InChI is InChI=1S/C25H26Cl2FN3O2S/c26-20-8-5-17(13-21(20)27)19-14-22(19)29-9-12-34-15-23(25(33)31-10-1-2-11-31)30-24(32)16-3-6-18(28)7-4-16/h3-8,13,23,29H,1-2,9-12,14-15H2,(H,30,32)/t23-/m0/s1. The first-order valence-electron chi connectivity index (χ1n) is 11.3. The van der Waals surface area contributed by atoms with Gasteiger partial charge in [0, 0.05) is 48.8 Å². The van der Waals surface area contributed by atoms with Gasteiger partial charge in [0.2, 0.25) is 5.91 Å². The van der Waals surface area contributed by atoms with Gasteiger partial charge in [-0.3, -0.25) is 9.59 Å². The van der Waals surface area contributed by atoms with E-state index >= 15 is 0 Å². The van der Waals surface area contributed by atoms with Gasteiger partial charge in [0.1, 0.15) is 11.9 Å². The summed E-state index contributed by atoms with van der Waals surface area (Å²) in [5, 5.41) is 7.38. The van der Waals surface area contributed by atoms with Gasteiger partial charge in [0.25, 0.3) is 5.91 Å². The zero-order valence-corrected chi connectivity index (χ0v) is 20.9. The Morgan fingerprint density at radius 2 is 1.79 bits per heavy atom. The van der Waals surface area contributed by atoms with Gasteiger partial charge in [-0.05, 0) is 60.4 Å². The van der Waals surface area contributed by atoms with Crippen molar-refractivity contribution >= 4 is 52.4 Å². The second-order valence-corrected chi connectivity index (χ2v) is 10.3. The van der Waals surface area contributed by atoms with Crippen molar-refractivity contribution in [2.75, 3.05) is 31.1 Å². The number of hydrogen-bond acceptors (Lipinski definition) is 4. The lowest BCUT2D eigenvalue weighted by Crippen LogP contribution is -2.49. The molecule has 5 nitrogen and oxygen atoms in total. The van der Waals surface area contributed by atoms with Crippen LogP contribution >= 0.6 is 35.0 Å². The molecule has 0 bridgehead atoms. The van der Waals surface area contributed by atoms with Crippen LogP contribution in [0.15, 0.2) is 48.2 Å². The van der Waals surface area contributed by atoms with E-state index in [2.05, 4.69) is 10.6 Å². The molecule has 2 aromatic carbocycles. The van der Waals surface area contributed by atoms with E-state index in [1.165, 1.54) is 35.5 Å². The molecule has 2 amide bonds. The van der Waals surface area contributed by atoms with Crippen LogP contribution < -0.4 is 10.6 Å². The number of benzene rings is 2. The Bertz CT molecular complexity index is 1090. The third-order valence-electron chi connectivity index (χ3n) is 5.86. The summed E-state index contributed by atoms with van der Waals surface area (Å²) < 4.78 is 13.2. The molecule has 0 spiro atoms. The number of hydrogen-bond donors (Lipinski definition) is 2. The highest BCUT2D eigenvalue weighted by atomic mass is 35.5. The number of carbonyl (C=O) groups is 2. The Balaban J connectivity index is 1.28. The van der Waals surface area contributed by atoms with Crippen molar-refractivity contribution in [2.24, 2.45) is 0 Å². The Kier molecular flexibility index (Phi) is 8.40. The quantitative estimate of drug-likeness (QED) is 0.432. The molecule has 1 aliphatic carbocycles. The van der Waals surface area contributed by atoms with Crippen molar-refractivity contribution in [3.63, 3.8) is 0 Å². The van der Waals surface area contributed by atoms with Crippen LogP contribution in [0.1, 0.15) is 35.2 Å². The molecule has 34 heavy (non-hydrogen) atoms. The second-order valence-electron chi connectivity index (χ2n) is 8.33. The van der Waals surface area contributed by atoms with E-state index in [0.29, 0.717) is 21.4 Å². The lowest BCUT2D eigenvalue weighted by Gasteiger charge is -2.24. The van der Waals surface area contributed by atoms with Crippen LogP contribution in [0, 0.1) is 5.82 Å². The molecule has 1 atom stereocenters. The molecule has 4 rings (SSSR count). The fourth-order valence-corrected chi connectivity index (χ4v) is 5.09. The van der Waals surface area contributed by atoms with E-state index in [9.17, 15) is 14.0 Å². The van der Waals surface area contributed by atoms with Crippen LogP contribution in [0.2, 0.25) is 10.0 Å². The number of likely N-dealkylation sites (tertiary alicyclic amines) is 1. The van der Waals surface area contributed by atoms with Crippen LogP contribution in [0.4, 0.5) is 4.39 Å². The van der Waals surface area contributed by atoms with Gasteiger partial charge >= 0.3 is 0 Å². The van der Waals surface area contributed by atoms with E-state index < -0.39 is 11.9 Å². The van der Waals surface area contributed by atoms with Crippen LogP contribution in [-0.2, 0) is 4.79 Å². The van der Waals surface area contributed by atoms with E-state index in [-0.39, 0.29) is 11.8 Å². The summed E-state index contributed by atoms with van der Waals surface area (Å²) >= 11 is 13.7. The molecule has 2 N–H and O–H groups in total. The predicted octanol–water partition coefficient (Wildman–Crippen LogP) is 4.99. The molecule has 2 aliphatic rings. The zero-order valence-electron chi connectivity index (χ0n) is 18.6. The first-order chi connectivity index (χ1) is 16.4. The number of amides is 2. The molecule has 0 unspecified atom stereocenters. The summed E-state index contributed by atoms with van der Waals surface area (Å²) in [4.78, 5) is 27.4. The number of allylic oxidation sites excluding steroid dienone is 2. The van der Waals surface area contributed by atoms with Gasteiger partial charge in [-0.2, -0.15) is 11.8 Å². The molecular formula is C25H26Cl2FN3O2S. The van der Waals surface area contributed by atoms with Gasteiger partial charge in [0.05, 0.1) is 10.0 Å². The maximum atomic E-state index is 13.2. The molecule has 1 heterocycles. The topological polar surface area (TPSA) is 61.4 Å². The number of halogens is 3. The fourth-order valence-electron chi connectivity index (χ4n) is 3.91. The van der Waals surface area contributed by atoms with Crippen molar-refractivity contribution < 1.29 is 14.0 Å². The monoisotopic (exact) mass is 521 g/mol. The highest BCUT2D eigenvalue weighted by Gasteiger charge is 2.28. The molecule has 0 saturated carbocycles. The zero-order chi connectivity index (χ0) is 24.1. The smallest absolute Gasteiger partial charge is 0.251 e. The number of nitrogens with one attached hydrogen (secondary N) is 2. The molecule has 2 aromatic rings. The maximum Gasteiger partial charge on any atom is 0.251 e. The fraction of sp³-hybridized carbons (Fsp3) is 0.360. The Hall–Kier alpha value is -2.22. The summed E-state index contributed by atoms with van der Waals surface area (Å²) in [6, 6.07) is 10.4. The van der Waals surface area contributed by atoms with Gasteiger partial charge in [-0.15, -0.1) is 0 Å². The number of thioether (sulfide) groups is 1. The molecule has 1 fully saturated rings. The van der Waals surface area contributed by atoms with Crippen LogP contribution in [-0.4, -0.2) is 53.9 Å². The lowest BCUT2D eigenvalue weighted by atomic mass is 10.2. The lowest BCUT2D eigenvalue weighted by molar-refractivity contribution is -0.131. The van der Waals surface area contributed by atoms with E-state index in [0.717, 1.165) is 50.2 Å². The highest BCUT2D eigenvalue weighted by molar-refractivity contribution is 7.99. The minimum absolute atomic E-state index is 0.0553. The summed E-state index contributed by atoms with van der Waals surface area (Å²) in [6.07, 6.45) is 2.86. The Morgan fingerprint density at radius 1 is 1.06 bits per heavy atom. The van der Waals surface area contributed by atoms with Gasteiger partial charge < -0.3 is 15.5 Å². The molecule has 0 radical (unpaired) electrons. The predicted molar refractivity (Wildman–Crippen MR) is 137 cm³/mol. The minimum atomic E-state index is -0.618.